The molecule has 0 saturated carbocycles. The van der Waals surface area contributed by atoms with Gasteiger partial charge in [-0.05, 0) is 48.3 Å². The van der Waals surface area contributed by atoms with Crippen molar-refractivity contribution in [2.45, 2.75) is 40.3 Å². The number of nitrogens with zero attached hydrogens (tertiary/aromatic N) is 2. The first-order chi connectivity index (χ1) is 12.1. The Kier molecular flexibility index (Phi) is 7.48. The summed E-state index contributed by atoms with van der Waals surface area (Å²) in [5, 5.41) is 3.17. The first kappa shape index (κ1) is 19.0. The van der Waals surface area contributed by atoms with Gasteiger partial charge >= 0.3 is 0 Å². The van der Waals surface area contributed by atoms with Gasteiger partial charge in [-0.1, -0.05) is 57.2 Å². The van der Waals surface area contributed by atoms with Gasteiger partial charge in [0.1, 0.15) is 0 Å². The summed E-state index contributed by atoms with van der Waals surface area (Å²) in [5.41, 5.74) is 10.8. The minimum absolute atomic E-state index is 0.447. The molecular formula is C21H30N4. The quantitative estimate of drug-likeness (QED) is 0.565. The largest absolute Gasteiger partial charge is 0.370 e. The van der Waals surface area contributed by atoms with E-state index in [1.807, 2.05) is 12.1 Å². The van der Waals surface area contributed by atoms with E-state index in [1.54, 1.807) is 0 Å². The van der Waals surface area contributed by atoms with Crippen molar-refractivity contribution >= 4 is 11.6 Å². The lowest BCUT2D eigenvalue weighted by atomic mass is 10.1. The lowest BCUT2D eigenvalue weighted by molar-refractivity contribution is 0.296. The summed E-state index contributed by atoms with van der Waals surface area (Å²) in [5.74, 6) is 0.447. The first-order valence-corrected chi connectivity index (χ1v) is 9.10. The van der Waals surface area contributed by atoms with E-state index in [1.165, 1.54) is 16.7 Å². The number of benzene rings is 2. The van der Waals surface area contributed by atoms with Crippen molar-refractivity contribution in [3.63, 3.8) is 0 Å². The number of nitrogens with one attached hydrogen (secondary N) is 1. The van der Waals surface area contributed by atoms with Crippen LogP contribution in [-0.2, 0) is 19.5 Å². The minimum Gasteiger partial charge on any atom is -0.370 e. The van der Waals surface area contributed by atoms with Crippen LogP contribution in [0, 0.1) is 0 Å². The van der Waals surface area contributed by atoms with Gasteiger partial charge in [0.05, 0.1) is 6.54 Å². The lowest BCUT2D eigenvalue weighted by Crippen LogP contribution is -2.23. The Morgan fingerprint density at radius 1 is 0.960 bits per heavy atom. The highest BCUT2D eigenvalue weighted by Gasteiger charge is 2.02. The molecule has 0 bridgehead atoms. The zero-order valence-corrected chi connectivity index (χ0v) is 15.6. The highest BCUT2D eigenvalue weighted by atomic mass is 15.1. The molecule has 0 aromatic heterocycles. The summed E-state index contributed by atoms with van der Waals surface area (Å²) in [6.07, 6.45) is 1.01. The van der Waals surface area contributed by atoms with Crippen LogP contribution in [0.5, 0.6) is 0 Å². The van der Waals surface area contributed by atoms with Crippen LogP contribution in [-0.4, -0.2) is 23.9 Å². The van der Waals surface area contributed by atoms with Gasteiger partial charge in [0.25, 0.3) is 0 Å². The van der Waals surface area contributed by atoms with Crippen molar-refractivity contribution in [1.82, 2.24) is 4.90 Å². The Morgan fingerprint density at radius 2 is 1.64 bits per heavy atom. The molecule has 2 aromatic rings. The van der Waals surface area contributed by atoms with Gasteiger partial charge in [0.2, 0.25) is 0 Å². The Labute approximate surface area is 151 Å². The van der Waals surface area contributed by atoms with Gasteiger partial charge in [-0.15, -0.1) is 0 Å². The Bertz CT molecular complexity index is 690. The molecule has 0 aliphatic rings. The highest BCUT2D eigenvalue weighted by molar-refractivity contribution is 5.92. The number of guanidine groups is 1. The molecule has 0 heterocycles. The molecular weight excluding hydrogens is 308 g/mol. The summed E-state index contributed by atoms with van der Waals surface area (Å²) in [4.78, 5) is 6.88. The van der Waals surface area contributed by atoms with Crippen LogP contribution in [0.4, 0.5) is 5.69 Å². The third kappa shape index (κ3) is 6.24. The van der Waals surface area contributed by atoms with Crippen LogP contribution in [0.25, 0.3) is 0 Å². The Balaban J connectivity index is 1.97. The summed E-state index contributed by atoms with van der Waals surface area (Å²) in [6, 6.07) is 16.8. The number of hydrogen-bond acceptors (Lipinski definition) is 2. The summed E-state index contributed by atoms with van der Waals surface area (Å²) < 4.78 is 0. The molecule has 4 heteroatoms. The standard InChI is InChI=1S/C21H30N4/c1-4-17-9-8-12-20(14-17)24-21(22)23-15-18-10-7-11-19(13-18)16-25(5-2)6-3/h7-14H,4-6,15-16H2,1-3H3,(H3,22,23,24). The molecule has 2 rings (SSSR count). The maximum Gasteiger partial charge on any atom is 0.193 e. The molecule has 0 aliphatic heterocycles. The van der Waals surface area contributed by atoms with Crippen LogP contribution < -0.4 is 11.1 Å². The van der Waals surface area contributed by atoms with Crippen LogP contribution in [0.1, 0.15) is 37.5 Å². The third-order valence-corrected chi connectivity index (χ3v) is 4.33. The molecule has 0 unspecified atom stereocenters. The number of nitrogens with two attached hydrogens (primary N) is 1. The zero-order valence-electron chi connectivity index (χ0n) is 15.6. The third-order valence-electron chi connectivity index (χ3n) is 4.33. The minimum atomic E-state index is 0.447. The van der Waals surface area contributed by atoms with E-state index in [2.05, 4.69) is 72.4 Å². The van der Waals surface area contributed by atoms with Gasteiger partial charge < -0.3 is 11.1 Å². The molecule has 4 nitrogen and oxygen atoms in total. The van der Waals surface area contributed by atoms with E-state index >= 15 is 0 Å². The van der Waals surface area contributed by atoms with Gasteiger partial charge in [-0.2, -0.15) is 0 Å². The topological polar surface area (TPSA) is 53.6 Å². The van der Waals surface area contributed by atoms with Crippen LogP contribution in [0.15, 0.2) is 53.5 Å². The molecule has 25 heavy (non-hydrogen) atoms. The van der Waals surface area contributed by atoms with Crippen molar-refractivity contribution in [2.24, 2.45) is 10.7 Å². The monoisotopic (exact) mass is 338 g/mol. The molecule has 0 aliphatic carbocycles. The van der Waals surface area contributed by atoms with E-state index in [-0.39, 0.29) is 0 Å². The molecule has 0 atom stereocenters. The maximum absolute atomic E-state index is 6.04. The van der Waals surface area contributed by atoms with Crippen molar-refractivity contribution in [3.05, 3.63) is 65.2 Å². The van der Waals surface area contributed by atoms with Gasteiger partial charge in [-0.3, -0.25) is 4.90 Å². The molecule has 0 saturated heterocycles. The number of hydrogen-bond donors (Lipinski definition) is 2. The average Bonchev–Trinajstić information content (AvgIpc) is 2.65. The Morgan fingerprint density at radius 3 is 2.36 bits per heavy atom. The van der Waals surface area contributed by atoms with Crippen LogP contribution >= 0.6 is 0 Å². The van der Waals surface area contributed by atoms with E-state index < -0.39 is 0 Å². The van der Waals surface area contributed by atoms with Gasteiger partial charge in [0.15, 0.2) is 5.96 Å². The molecule has 0 amide bonds. The predicted molar refractivity (Wildman–Crippen MR) is 108 cm³/mol. The number of aryl methyl sites for hydroxylation is 1. The lowest BCUT2D eigenvalue weighted by Gasteiger charge is -2.18. The van der Waals surface area contributed by atoms with Crippen molar-refractivity contribution in [3.8, 4) is 0 Å². The van der Waals surface area contributed by atoms with Crippen LogP contribution in [0.2, 0.25) is 0 Å². The fraction of sp³-hybridized carbons (Fsp3) is 0.381. The van der Waals surface area contributed by atoms with E-state index in [0.717, 1.165) is 31.7 Å². The van der Waals surface area contributed by atoms with E-state index in [4.69, 9.17) is 5.73 Å². The summed E-state index contributed by atoms with van der Waals surface area (Å²) in [6.45, 7) is 10.2. The normalized spacial score (nSPS) is 11.8. The predicted octanol–water partition coefficient (Wildman–Crippen LogP) is 4.02. The number of aliphatic imine (C=N–C) groups is 1. The molecule has 3 N–H and O–H groups in total. The van der Waals surface area contributed by atoms with Crippen molar-refractivity contribution in [1.29, 1.82) is 0 Å². The fourth-order valence-corrected chi connectivity index (χ4v) is 2.76. The fourth-order valence-electron chi connectivity index (χ4n) is 2.76. The van der Waals surface area contributed by atoms with Crippen molar-refractivity contribution in [2.75, 3.05) is 18.4 Å². The molecule has 134 valence electrons. The van der Waals surface area contributed by atoms with Crippen molar-refractivity contribution < 1.29 is 0 Å². The second kappa shape index (κ2) is 9.84. The smallest absolute Gasteiger partial charge is 0.193 e. The second-order valence-corrected chi connectivity index (χ2v) is 6.16. The second-order valence-electron chi connectivity index (χ2n) is 6.16. The van der Waals surface area contributed by atoms with E-state index in [0.29, 0.717) is 12.5 Å². The maximum atomic E-state index is 6.04. The molecule has 0 spiro atoms. The first-order valence-electron chi connectivity index (χ1n) is 9.10. The highest BCUT2D eigenvalue weighted by Crippen LogP contribution is 2.12. The number of rotatable bonds is 8. The van der Waals surface area contributed by atoms with Crippen LogP contribution in [0.3, 0.4) is 0 Å². The SMILES string of the molecule is CCc1cccc(NC(N)=NCc2cccc(CN(CC)CC)c2)c1. The number of anilines is 1. The summed E-state index contributed by atoms with van der Waals surface area (Å²) in [7, 11) is 0. The summed E-state index contributed by atoms with van der Waals surface area (Å²) >= 11 is 0. The van der Waals surface area contributed by atoms with Gasteiger partial charge in [0, 0.05) is 12.2 Å². The Hall–Kier alpha value is -2.33. The molecule has 0 radical (unpaired) electrons. The molecule has 0 fully saturated rings. The molecule has 2 aromatic carbocycles. The van der Waals surface area contributed by atoms with Gasteiger partial charge in [-0.25, -0.2) is 4.99 Å². The zero-order chi connectivity index (χ0) is 18.1. The average molecular weight is 338 g/mol. The van der Waals surface area contributed by atoms with E-state index in [9.17, 15) is 0 Å².